The summed E-state index contributed by atoms with van der Waals surface area (Å²) in [6.45, 7) is 12.8. The lowest BCUT2D eigenvalue weighted by atomic mass is 9.49. The predicted molar refractivity (Wildman–Crippen MR) is 142 cm³/mol. The van der Waals surface area contributed by atoms with E-state index in [0.717, 1.165) is 36.3 Å². The molecule has 3 saturated carbocycles. The Labute approximate surface area is 212 Å². The Bertz CT molecular complexity index is 813. The molecule has 4 rings (SSSR count). The van der Waals surface area contributed by atoms with Crippen molar-refractivity contribution in [2.45, 2.75) is 98.8 Å². The third kappa shape index (κ3) is 4.77. The van der Waals surface area contributed by atoms with E-state index in [1.54, 1.807) is 0 Å². The summed E-state index contributed by atoms with van der Waals surface area (Å²) >= 11 is 4.91. The van der Waals surface area contributed by atoms with Crippen LogP contribution in [0, 0.1) is 52.3 Å². The first-order chi connectivity index (χ1) is 16.1. The number of thiocarbonyl (C=S) groups is 1. The smallest absolute Gasteiger partial charge is 0.309 e. The molecule has 0 aromatic heterocycles. The van der Waals surface area contributed by atoms with E-state index >= 15 is 0 Å². The molecule has 1 heterocycles. The highest BCUT2D eigenvalue weighted by Gasteiger charge is 2.61. The average molecular weight is 490 g/mol. The van der Waals surface area contributed by atoms with Crippen molar-refractivity contribution >= 4 is 29.0 Å². The first kappa shape index (κ1) is 25.9. The van der Waals surface area contributed by atoms with Gasteiger partial charge in [-0.05, 0) is 97.1 Å². The van der Waals surface area contributed by atoms with Gasteiger partial charge in [-0.1, -0.05) is 53.9 Å². The fourth-order valence-corrected chi connectivity index (χ4v) is 8.88. The number of nitrogens with two attached hydrogens (primary N) is 1. The minimum Gasteiger partial charge on any atom is -0.465 e. The van der Waals surface area contributed by atoms with Crippen LogP contribution in [0.25, 0.3) is 0 Å². The van der Waals surface area contributed by atoms with Crippen molar-refractivity contribution in [1.29, 1.82) is 0 Å². The molecule has 0 bridgehead atoms. The lowest BCUT2D eigenvalue weighted by molar-refractivity contribution is -0.151. The van der Waals surface area contributed by atoms with Gasteiger partial charge in [-0.15, -0.1) is 0 Å². The highest BCUT2D eigenvalue weighted by molar-refractivity contribution is 7.80. The molecule has 192 valence electrons. The molecule has 0 spiro atoms. The van der Waals surface area contributed by atoms with E-state index in [9.17, 15) is 4.79 Å². The van der Waals surface area contributed by atoms with Crippen LogP contribution in [0.1, 0.15) is 98.8 Å². The summed E-state index contributed by atoms with van der Waals surface area (Å²) in [7, 11) is 0. The molecule has 7 unspecified atom stereocenters. The summed E-state index contributed by atoms with van der Waals surface area (Å²) < 4.78 is 6.06. The van der Waals surface area contributed by atoms with E-state index in [0.29, 0.717) is 36.2 Å². The largest absolute Gasteiger partial charge is 0.465 e. The number of carbonyl (C=O) groups is 1. The van der Waals surface area contributed by atoms with Gasteiger partial charge in [0.15, 0.2) is 5.11 Å². The number of nitrogens with one attached hydrogen (secondary N) is 1. The number of ether oxygens (including phenoxy) is 1. The molecule has 8 atom stereocenters. The second-order valence-corrected chi connectivity index (χ2v) is 13.4. The van der Waals surface area contributed by atoms with Crippen molar-refractivity contribution in [3.63, 3.8) is 0 Å². The van der Waals surface area contributed by atoms with Crippen molar-refractivity contribution in [2.75, 3.05) is 6.61 Å². The third-order valence-corrected chi connectivity index (χ3v) is 10.8. The van der Waals surface area contributed by atoms with E-state index < -0.39 is 0 Å². The average Bonchev–Trinajstić information content (AvgIpc) is 3.08. The number of hydrogen-bond acceptors (Lipinski definition) is 4. The molecule has 1 aliphatic heterocycles. The Morgan fingerprint density at radius 2 is 1.88 bits per heavy atom. The van der Waals surface area contributed by atoms with Crippen LogP contribution in [0.15, 0.2) is 5.10 Å². The first-order valence-electron chi connectivity index (χ1n) is 13.8. The Balaban J connectivity index is 1.51. The molecule has 34 heavy (non-hydrogen) atoms. The number of fused-ring (bicyclic) bond motifs is 5. The second kappa shape index (κ2) is 10.1. The number of rotatable bonds is 6. The Kier molecular flexibility index (Phi) is 7.67. The van der Waals surface area contributed by atoms with E-state index in [2.05, 4.69) is 45.1 Å². The zero-order valence-corrected chi connectivity index (χ0v) is 22.9. The molecule has 4 aliphatic rings. The van der Waals surface area contributed by atoms with Gasteiger partial charge in [-0.25, -0.2) is 0 Å². The lowest BCUT2D eigenvalue weighted by Crippen LogP contribution is -2.51. The van der Waals surface area contributed by atoms with E-state index in [1.165, 1.54) is 44.9 Å². The van der Waals surface area contributed by atoms with E-state index in [4.69, 9.17) is 22.7 Å². The van der Waals surface area contributed by atoms with Crippen LogP contribution in [0.4, 0.5) is 0 Å². The van der Waals surface area contributed by atoms with Crippen LogP contribution >= 0.6 is 12.2 Å². The van der Waals surface area contributed by atoms with Crippen LogP contribution in [0.2, 0.25) is 0 Å². The molecule has 0 aromatic rings. The van der Waals surface area contributed by atoms with Gasteiger partial charge >= 0.3 is 5.97 Å². The summed E-state index contributed by atoms with van der Waals surface area (Å²) in [5.41, 5.74) is 9.66. The zero-order chi connectivity index (χ0) is 24.7. The summed E-state index contributed by atoms with van der Waals surface area (Å²) in [5.74, 6) is 4.01. The molecule has 6 heteroatoms. The minimum absolute atomic E-state index is 0.0111. The third-order valence-electron chi connectivity index (χ3n) is 10.7. The van der Waals surface area contributed by atoms with Gasteiger partial charge in [0, 0.05) is 12.1 Å². The van der Waals surface area contributed by atoms with E-state index in [1.807, 2.05) is 0 Å². The number of carbonyl (C=O) groups excluding carboxylic acids is 1. The summed E-state index contributed by atoms with van der Waals surface area (Å²) in [5, 5.41) is 4.57. The fourth-order valence-electron chi connectivity index (χ4n) is 8.83. The molecule has 3 aliphatic carbocycles. The maximum Gasteiger partial charge on any atom is 0.309 e. The van der Waals surface area contributed by atoms with Gasteiger partial charge in [-0.2, -0.15) is 5.10 Å². The number of hydrogen-bond donors (Lipinski definition) is 2. The summed E-state index contributed by atoms with van der Waals surface area (Å²) in [4.78, 5) is 13.3. The molecule has 1 saturated heterocycles. The number of hydrazone groups is 1. The van der Waals surface area contributed by atoms with Gasteiger partial charge in [0.25, 0.3) is 0 Å². The second-order valence-electron chi connectivity index (χ2n) is 13.0. The van der Waals surface area contributed by atoms with Crippen LogP contribution in [-0.2, 0) is 9.53 Å². The van der Waals surface area contributed by atoms with E-state index in [-0.39, 0.29) is 22.4 Å². The Morgan fingerprint density at radius 3 is 2.59 bits per heavy atom. The standard InChI is InChI=1S/C28H47N3O2S/c1-17(2)7-6-8-18(3)21-9-10-22-20-16-33-25(32)24-15-19(30-31-26(29)34)11-13-28(24,5)23(20)12-14-27(21,22)4/h17-18,20-24H,6-16H2,1-5H3,(H3,29,31,34)/b30-19+/t18?,20?,21?,22?,23?,24-,27?,28?/m1/s1. The molecular formula is C28H47N3O2S. The topological polar surface area (TPSA) is 76.7 Å². The summed E-state index contributed by atoms with van der Waals surface area (Å²) in [6.07, 6.45) is 11.8. The number of nitrogens with zero attached hydrogens (tertiary/aromatic N) is 1. The van der Waals surface area contributed by atoms with Crippen molar-refractivity contribution in [3.05, 3.63) is 0 Å². The SMILES string of the molecule is CC(C)CCCC(C)C1CCC2C3COC(=O)[C@H]4C/C(=N/NC(N)=S)CCC4(C)C3CCC12C. The van der Waals surface area contributed by atoms with Crippen LogP contribution in [0.3, 0.4) is 0 Å². The normalized spacial score (nSPS) is 41.8. The van der Waals surface area contributed by atoms with Gasteiger partial charge in [-0.3, -0.25) is 10.2 Å². The highest BCUT2D eigenvalue weighted by Crippen LogP contribution is 2.66. The van der Waals surface area contributed by atoms with Crippen molar-refractivity contribution in [1.82, 2.24) is 5.43 Å². The van der Waals surface area contributed by atoms with Crippen molar-refractivity contribution in [3.8, 4) is 0 Å². The van der Waals surface area contributed by atoms with Gasteiger partial charge in [0.05, 0.1) is 12.5 Å². The van der Waals surface area contributed by atoms with Gasteiger partial charge in [0.1, 0.15) is 0 Å². The molecular weight excluding hydrogens is 442 g/mol. The van der Waals surface area contributed by atoms with Crippen LogP contribution in [-0.4, -0.2) is 23.4 Å². The molecule has 0 aromatic carbocycles. The monoisotopic (exact) mass is 489 g/mol. The zero-order valence-electron chi connectivity index (χ0n) is 22.1. The highest BCUT2D eigenvalue weighted by atomic mass is 32.1. The quantitative estimate of drug-likeness (QED) is 0.269. The Hall–Kier alpha value is -1.17. The molecule has 4 fully saturated rings. The summed E-state index contributed by atoms with van der Waals surface area (Å²) in [6, 6.07) is 0. The number of cyclic esters (lactones) is 1. The predicted octanol–water partition coefficient (Wildman–Crippen LogP) is 6.06. The lowest BCUT2D eigenvalue weighted by Gasteiger charge is -2.55. The van der Waals surface area contributed by atoms with Crippen LogP contribution in [0.5, 0.6) is 0 Å². The maximum absolute atomic E-state index is 13.3. The molecule has 0 amide bonds. The fraction of sp³-hybridized carbons (Fsp3) is 0.893. The van der Waals surface area contributed by atoms with Crippen molar-refractivity contribution < 1.29 is 9.53 Å². The maximum atomic E-state index is 13.3. The van der Waals surface area contributed by atoms with Gasteiger partial charge in [0.2, 0.25) is 0 Å². The molecule has 5 nitrogen and oxygen atoms in total. The van der Waals surface area contributed by atoms with Gasteiger partial charge < -0.3 is 10.5 Å². The first-order valence-corrected chi connectivity index (χ1v) is 14.2. The van der Waals surface area contributed by atoms with Crippen molar-refractivity contribution in [2.24, 2.45) is 63.1 Å². The van der Waals surface area contributed by atoms with Crippen LogP contribution < -0.4 is 11.2 Å². The number of esters is 1. The minimum atomic E-state index is -0.111. The Morgan fingerprint density at radius 1 is 1.15 bits per heavy atom. The molecule has 0 radical (unpaired) electrons. The molecule has 3 N–H and O–H groups in total.